The Morgan fingerprint density at radius 3 is 2.69 bits per heavy atom. The van der Waals surface area contributed by atoms with Crippen LogP contribution in [-0.2, 0) is 0 Å². The molecular weight excluding hydrogens is 216 g/mol. The molecule has 0 aromatic heterocycles. The topological polar surface area (TPSA) is 49.9 Å². The number of rotatable bonds is 3. The lowest BCUT2D eigenvalue weighted by Crippen LogP contribution is -2.13. The number of nitrogens with one attached hydrogen (secondary N) is 1. The first-order chi connectivity index (χ1) is 7.66. The second kappa shape index (κ2) is 4.91. The highest BCUT2D eigenvalue weighted by Crippen LogP contribution is 2.36. The molecular formula is C13H18N2S. The molecule has 0 bridgehead atoms. The largest absolute Gasteiger partial charge is 0.384 e. The molecule has 1 aliphatic rings. The monoisotopic (exact) mass is 234 g/mol. The van der Waals surface area contributed by atoms with Gasteiger partial charge in [-0.05, 0) is 37.5 Å². The molecule has 1 aliphatic carbocycles. The van der Waals surface area contributed by atoms with Gasteiger partial charge in [-0.2, -0.15) is 0 Å². The lowest BCUT2D eigenvalue weighted by molar-refractivity contribution is 0.886. The van der Waals surface area contributed by atoms with Crippen LogP contribution in [0.25, 0.3) is 0 Å². The van der Waals surface area contributed by atoms with Gasteiger partial charge in [-0.15, -0.1) is 11.8 Å². The molecule has 3 N–H and O–H groups in total. The summed E-state index contributed by atoms with van der Waals surface area (Å²) >= 11 is 1.90. The predicted octanol–water partition coefficient (Wildman–Crippen LogP) is 3.31. The van der Waals surface area contributed by atoms with Crippen LogP contribution in [0.15, 0.2) is 23.1 Å². The molecule has 16 heavy (non-hydrogen) atoms. The van der Waals surface area contributed by atoms with Crippen LogP contribution in [0, 0.1) is 12.3 Å². The van der Waals surface area contributed by atoms with E-state index in [4.69, 9.17) is 11.1 Å². The van der Waals surface area contributed by atoms with E-state index >= 15 is 0 Å². The van der Waals surface area contributed by atoms with Crippen LogP contribution in [0.3, 0.4) is 0 Å². The van der Waals surface area contributed by atoms with Crippen molar-refractivity contribution in [2.75, 3.05) is 0 Å². The van der Waals surface area contributed by atoms with Gasteiger partial charge < -0.3 is 5.73 Å². The number of hydrogen-bond donors (Lipinski definition) is 2. The summed E-state index contributed by atoms with van der Waals surface area (Å²) in [5.74, 6) is 0.181. The summed E-state index contributed by atoms with van der Waals surface area (Å²) in [5, 5.41) is 8.31. The van der Waals surface area contributed by atoms with Gasteiger partial charge in [0.1, 0.15) is 5.84 Å². The van der Waals surface area contributed by atoms with Gasteiger partial charge in [0, 0.05) is 15.7 Å². The van der Waals surface area contributed by atoms with E-state index in [9.17, 15) is 0 Å². The van der Waals surface area contributed by atoms with E-state index in [1.165, 1.54) is 36.1 Å². The maximum Gasteiger partial charge on any atom is 0.123 e. The van der Waals surface area contributed by atoms with Gasteiger partial charge in [0.25, 0.3) is 0 Å². The quantitative estimate of drug-likeness (QED) is 0.622. The van der Waals surface area contributed by atoms with Gasteiger partial charge in [-0.3, -0.25) is 5.41 Å². The molecule has 86 valence electrons. The van der Waals surface area contributed by atoms with E-state index in [-0.39, 0.29) is 5.84 Å². The first kappa shape index (κ1) is 11.5. The Bertz CT molecular complexity index is 395. The third kappa shape index (κ3) is 2.59. The summed E-state index contributed by atoms with van der Waals surface area (Å²) in [6.07, 6.45) is 5.30. The Hall–Kier alpha value is -0.960. The van der Waals surface area contributed by atoms with E-state index < -0.39 is 0 Å². The number of benzene rings is 1. The zero-order valence-electron chi connectivity index (χ0n) is 9.62. The van der Waals surface area contributed by atoms with Crippen molar-refractivity contribution in [1.82, 2.24) is 0 Å². The van der Waals surface area contributed by atoms with Gasteiger partial charge in [0.15, 0.2) is 0 Å². The Morgan fingerprint density at radius 2 is 2.06 bits per heavy atom. The number of amidine groups is 1. The maximum atomic E-state index is 7.59. The van der Waals surface area contributed by atoms with Gasteiger partial charge in [-0.1, -0.05) is 18.9 Å². The standard InChI is InChI=1S/C13H18N2S/c1-9-6-7-11(13(14)15)12(8-9)16-10-4-2-3-5-10/h6-8,10H,2-5H2,1H3,(H3,14,15). The Morgan fingerprint density at radius 1 is 1.38 bits per heavy atom. The summed E-state index contributed by atoms with van der Waals surface area (Å²) < 4.78 is 0. The average molecular weight is 234 g/mol. The van der Waals surface area contributed by atoms with Crippen molar-refractivity contribution in [3.8, 4) is 0 Å². The molecule has 0 aliphatic heterocycles. The molecule has 0 radical (unpaired) electrons. The predicted molar refractivity (Wildman–Crippen MR) is 70.3 cm³/mol. The molecule has 1 aromatic carbocycles. The fraction of sp³-hybridized carbons (Fsp3) is 0.462. The van der Waals surface area contributed by atoms with Gasteiger partial charge in [0.05, 0.1) is 0 Å². The molecule has 0 saturated heterocycles. The molecule has 2 rings (SSSR count). The first-order valence-electron chi connectivity index (χ1n) is 5.78. The minimum absolute atomic E-state index is 0.181. The summed E-state index contributed by atoms with van der Waals surface area (Å²) in [6, 6.07) is 6.14. The molecule has 1 saturated carbocycles. The lowest BCUT2D eigenvalue weighted by atomic mass is 10.1. The van der Waals surface area contributed by atoms with E-state index in [0.29, 0.717) is 0 Å². The van der Waals surface area contributed by atoms with Crippen LogP contribution in [-0.4, -0.2) is 11.1 Å². The van der Waals surface area contributed by atoms with Crippen molar-refractivity contribution in [1.29, 1.82) is 5.41 Å². The third-order valence-corrected chi connectivity index (χ3v) is 4.42. The lowest BCUT2D eigenvalue weighted by Gasteiger charge is -2.13. The van der Waals surface area contributed by atoms with Crippen molar-refractivity contribution < 1.29 is 0 Å². The van der Waals surface area contributed by atoms with Crippen LogP contribution in [0.2, 0.25) is 0 Å². The Labute approximate surface area is 101 Å². The van der Waals surface area contributed by atoms with E-state index in [1.54, 1.807) is 0 Å². The molecule has 0 spiro atoms. The summed E-state index contributed by atoms with van der Waals surface area (Å²) in [7, 11) is 0. The minimum Gasteiger partial charge on any atom is -0.384 e. The van der Waals surface area contributed by atoms with Gasteiger partial charge in [0.2, 0.25) is 0 Å². The molecule has 1 aromatic rings. The van der Waals surface area contributed by atoms with Crippen LogP contribution < -0.4 is 5.73 Å². The fourth-order valence-electron chi connectivity index (χ4n) is 2.14. The highest BCUT2D eigenvalue weighted by Gasteiger charge is 2.18. The average Bonchev–Trinajstić information content (AvgIpc) is 2.70. The molecule has 0 amide bonds. The smallest absolute Gasteiger partial charge is 0.123 e. The fourth-order valence-corrected chi connectivity index (χ4v) is 3.62. The number of hydrogen-bond acceptors (Lipinski definition) is 2. The zero-order chi connectivity index (χ0) is 11.5. The Kier molecular flexibility index (Phi) is 3.54. The normalized spacial score (nSPS) is 16.6. The minimum atomic E-state index is 0.181. The van der Waals surface area contributed by atoms with Crippen molar-refractivity contribution >= 4 is 17.6 Å². The highest BCUT2D eigenvalue weighted by atomic mass is 32.2. The maximum absolute atomic E-state index is 7.59. The van der Waals surface area contributed by atoms with Crippen LogP contribution in [0.1, 0.15) is 36.8 Å². The number of thioether (sulfide) groups is 1. The molecule has 1 fully saturated rings. The summed E-state index contributed by atoms with van der Waals surface area (Å²) in [5.41, 5.74) is 7.74. The van der Waals surface area contributed by atoms with Gasteiger partial charge >= 0.3 is 0 Å². The van der Waals surface area contributed by atoms with Crippen molar-refractivity contribution in [2.24, 2.45) is 5.73 Å². The summed E-state index contributed by atoms with van der Waals surface area (Å²) in [4.78, 5) is 1.18. The molecule has 0 atom stereocenters. The van der Waals surface area contributed by atoms with E-state index in [1.807, 2.05) is 23.9 Å². The Balaban J connectivity index is 2.22. The zero-order valence-corrected chi connectivity index (χ0v) is 10.4. The number of nitrogens with two attached hydrogens (primary N) is 1. The molecule has 0 unspecified atom stereocenters. The van der Waals surface area contributed by atoms with Crippen LogP contribution in [0.4, 0.5) is 0 Å². The molecule has 0 heterocycles. The SMILES string of the molecule is Cc1ccc(C(=N)N)c(SC2CCCC2)c1. The second-order valence-corrected chi connectivity index (χ2v) is 5.78. The third-order valence-electron chi connectivity index (χ3n) is 3.02. The van der Waals surface area contributed by atoms with Crippen LogP contribution >= 0.6 is 11.8 Å². The first-order valence-corrected chi connectivity index (χ1v) is 6.66. The van der Waals surface area contributed by atoms with E-state index in [0.717, 1.165) is 10.8 Å². The van der Waals surface area contributed by atoms with Crippen molar-refractivity contribution in [3.63, 3.8) is 0 Å². The molecule has 3 heteroatoms. The second-order valence-electron chi connectivity index (χ2n) is 4.44. The summed E-state index contributed by atoms with van der Waals surface area (Å²) in [6.45, 7) is 2.09. The number of nitrogen functional groups attached to an aromatic ring is 1. The van der Waals surface area contributed by atoms with Crippen molar-refractivity contribution in [2.45, 2.75) is 42.8 Å². The van der Waals surface area contributed by atoms with Gasteiger partial charge in [-0.25, -0.2) is 0 Å². The van der Waals surface area contributed by atoms with E-state index in [2.05, 4.69) is 13.0 Å². The van der Waals surface area contributed by atoms with Crippen molar-refractivity contribution in [3.05, 3.63) is 29.3 Å². The van der Waals surface area contributed by atoms with Crippen LogP contribution in [0.5, 0.6) is 0 Å². The molecule has 2 nitrogen and oxygen atoms in total. The number of aryl methyl sites for hydroxylation is 1. The highest BCUT2D eigenvalue weighted by molar-refractivity contribution is 8.00.